The Morgan fingerprint density at radius 1 is 1.25 bits per heavy atom. The van der Waals surface area contributed by atoms with E-state index in [0.29, 0.717) is 0 Å². The van der Waals surface area contributed by atoms with Crippen LogP contribution in [0.2, 0.25) is 0 Å². The van der Waals surface area contributed by atoms with E-state index >= 15 is 0 Å². The Hall–Kier alpha value is -2.24. The maximum absolute atomic E-state index is 10.7. The molecule has 0 spiro atoms. The lowest BCUT2D eigenvalue weighted by Gasteiger charge is -2.30. The van der Waals surface area contributed by atoms with Gasteiger partial charge in [-0.3, -0.25) is 10.1 Å². The molecule has 0 saturated carbocycles. The van der Waals surface area contributed by atoms with E-state index in [2.05, 4.69) is 28.6 Å². The van der Waals surface area contributed by atoms with Gasteiger partial charge in [0, 0.05) is 30.7 Å². The molecule has 1 aliphatic heterocycles. The Morgan fingerprint density at radius 2 is 1.95 bits per heavy atom. The number of rotatable bonds is 2. The molecule has 1 aromatic heterocycles. The van der Waals surface area contributed by atoms with Crippen molar-refractivity contribution < 1.29 is 4.92 Å². The molecule has 0 atom stereocenters. The number of hydrogen-bond acceptors (Lipinski definition) is 4. The minimum absolute atomic E-state index is 0.0902. The van der Waals surface area contributed by atoms with E-state index < -0.39 is 4.92 Å². The molecule has 0 bridgehead atoms. The highest BCUT2D eigenvalue weighted by molar-refractivity contribution is 5.57. The summed E-state index contributed by atoms with van der Waals surface area (Å²) in [7, 11) is 0. The molecule has 6 nitrogen and oxygen atoms in total. The van der Waals surface area contributed by atoms with Gasteiger partial charge in [-0.1, -0.05) is 13.8 Å². The van der Waals surface area contributed by atoms with Gasteiger partial charge < -0.3 is 4.57 Å². The van der Waals surface area contributed by atoms with Crippen molar-refractivity contribution in [2.24, 2.45) is 5.41 Å². The van der Waals surface area contributed by atoms with E-state index in [4.69, 9.17) is 0 Å². The Labute approximate surface area is 116 Å². The van der Waals surface area contributed by atoms with E-state index in [1.54, 1.807) is 12.1 Å². The maximum atomic E-state index is 10.7. The second kappa shape index (κ2) is 4.40. The summed E-state index contributed by atoms with van der Waals surface area (Å²) >= 11 is 0. The number of aryl methyl sites for hydroxylation is 1. The van der Waals surface area contributed by atoms with Crippen LogP contribution in [0, 0.1) is 15.5 Å². The molecule has 1 aromatic carbocycles. The summed E-state index contributed by atoms with van der Waals surface area (Å²) in [6.07, 6.45) is 2.03. The van der Waals surface area contributed by atoms with Gasteiger partial charge in [-0.15, -0.1) is 10.2 Å². The van der Waals surface area contributed by atoms with Crippen molar-refractivity contribution in [3.8, 4) is 11.4 Å². The zero-order valence-corrected chi connectivity index (χ0v) is 11.5. The first-order chi connectivity index (χ1) is 9.46. The highest BCUT2D eigenvalue weighted by Crippen LogP contribution is 2.33. The van der Waals surface area contributed by atoms with Crippen molar-refractivity contribution in [2.75, 3.05) is 0 Å². The summed E-state index contributed by atoms with van der Waals surface area (Å²) in [5, 5.41) is 19.2. The number of hydrogen-bond donors (Lipinski definition) is 0. The largest absolute Gasteiger partial charge is 0.310 e. The third-order valence-electron chi connectivity index (χ3n) is 3.78. The fourth-order valence-electron chi connectivity index (χ4n) is 2.59. The van der Waals surface area contributed by atoms with Gasteiger partial charge in [-0.05, 0) is 24.0 Å². The maximum Gasteiger partial charge on any atom is 0.269 e. The summed E-state index contributed by atoms with van der Waals surface area (Å²) in [4.78, 5) is 10.3. The van der Waals surface area contributed by atoms with Gasteiger partial charge >= 0.3 is 0 Å². The summed E-state index contributed by atoms with van der Waals surface area (Å²) in [6, 6.07) is 6.48. The van der Waals surface area contributed by atoms with Crippen molar-refractivity contribution in [2.45, 2.75) is 33.2 Å². The summed E-state index contributed by atoms with van der Waals surface area (Å²) in [5.74, 6) is 1.79. The van der Waals surface area contributed by atoms with Crippen molar-refractivity contribution in [1.29, 1.82) is 0 Å². The van der Waals surface area contributed by atoms with E-state index in [0.717, 1.165) is 36.6 Å². The third kappa shape index (κ3) is 2.17. The number of nitro groups is 1. The van der Waals surface area contributed by atoms with Crippen molar-refractivity contribution in [3.63, 3.8) is 0 Å². The summed E-state index contributed by atoms with van der Waals surface area (Å²) in [6.45, 7) is 5.34. The summed E-state index contributed by atoms with van der Waals surface area (Å²) in [5.41, 5.74) is 1.18. The molecule has 1 aliphatic rings. The normalized spacial score (nSPS) is 16.7. The molecular weight excluding hydrogens is 256 g/mol. The van der Waals surface area contributed by atoms with Crippen molar-refractivity contribution in [1.82, 2.24) is 14.8 Å². The molecule has 6 heteroatoms. The van der Waals surface area contributed by atoms with Crippen LogP contribution in [-0.4, -0.2) is 19.7 Å². The second-order valence-corrected chi connectivity index (χ2v) is 5.99. The van der Waals surface area contributed by atoms with Crippen LogP contribution in [-0.2, 0) is 13.0 Å². The smallest absolute Gasteiger partial charge is 0.269 e. The number of benzene rings is 1. The Balaban J connectivity index is 1.99. The molecule has 0 fully saturated rings. The van der Waals surface area contributed by atoms with Gasteiger partial charge in [0.15, 0.2) is 5.82 Å². The van der Waals surface area contributed by atoms with Crippen molar-refractivity contribution in [3.05, 3.63) is 40.2 Å². The van der Waals surface area contributed by atoms with Crippen LogP contribution in [0.5, 0.6) is 0 Å². The quantitative estimate of drug-likeness (QED) is 0.622. The molecule has 2 aromatic rings. The highest BCUT2D eigenvalue weighted by atomic mass is 16.6. The molecule has 0 unspecified atom stereocenters. The molecule has 104 valence electrons. The van der Waals surface area contributed by atoms with Crippen LogP contribution in [0.15, 0.2) is 24.3 Å². The Bertz CT molecular complexity index is 658. The first-order valence-electron chi connectivity index (χ1n) is 6.63. The molecule has 0 saturated heterocycles. The molecule has 20 heavy (non-hydrogen) atoms. The van der Waals surface area contributed by atoms with Gasteiger partial charge in [0.05, 0.1) is 4.92 Å². The molecule has 0 aliphatic carbocycles. The number of nitro benzene ring substituents is 1. The standard InChI is InChI=1S/C14H16N4O2/c1-14(2)8-7-12-15-16-13(17(12)9-14)10-3-5-11(6-4-10)18(19)20/h3-6H,7-9H2,1-2H3. The van der Waals surface area contributed by atoms with E-state index in [9.17, 15) is 10.1 Å². The van der Waals surface area contributed by atoms with Gasteiger partial charge in [-0.2, -0.15) is 0 Å². The molecule has 2 heterocycles. The van der Waals surface area contributed by atoms with Crippen molar-refractivity contribution >= 4 is 5.69 Å². The van der Waals surface area contributed by atoms with E-state index in [-0.39, 0.29) is 11.1 Å². The number of aromatic nitrogens is 3. The predicted molar refractivity (Wildman–Crippen MR) is 74.2 cm³/mol. The minimum atomic E-state index is -0.397. The minimum Gasteiger partial charge on any atom is -0.310 e. The topological polar surface area (TPSA) is 73.8 Å². The third-order valence-corrected chi connectivity index (χ3v) is 3.78. The average Bonchev–Trinajstić information content (AvgIpc) is 2.80. The predicted octanol–water partition coefficient (Wildman–Crippen LogP) is 2.83. The Morgan fingerprint density at radius 3 is 2.60 bits per heavy atom. The zero-order valence-electron chi connectivity index (χ0n) is 11.5. The number of nitrogens with zero attached hydrogens (tertiary/aromatic N) is 4. The fraction of sp³-hybridized carbons (Fsp3) is 0.429. The average molecular weight is 272 g/mol. The molecular formula is C14H16N4O2. The van der Waals surface area contributed by atoms with Crippen LogP contribution < -0.4 is 0 Å². The van der Waals surface area contributed by atoms with Gasteiger partial charge in [0.2, 0.25) is 0 Å². The van der Waals surface area contributed by atoms with Crippen LogP contribution in [0.25, 0.3) is 11.4 Å². The molecule has 0 amide bonds. The van der Waals surface area contributed by atoms with Crippen LogP contribution >= 0.6 is 0 Å². The van der Waals surface area contributed by atoms with Gasteiger partial charge in [0.25, 0.3) is 5.69 Å². The highest BCUT2D eigenvalue weighted by Gasteiger charge is 2.28. The molecule has 0 radical (unpaired) electrons. The number of fused-ring (bicyclic) bond motifs is 1. The van der Waals surface area contributed by atoms with E-state index in [1.807, 2.05) is 0 Å². The lowest BCUT2D eigenvalue weighted by Crippen LogP contribution is -2.27. The lowest BCUT2D eigenvalue weighted by molar-refractivity contribution is -0.384. The summed E-state index contributed by atoms with van der Waals surface area (Å²) < 4.78 is 2.13. The molecule has 0 N–H and O–H groups in total. The lowest BCUT2D eigenvalue weighted by atomic mass is 9.85. The first kappa shape index (κ1) is 12.8. The fourth-order valence-corrected chi connectivity index (χ4v) is 2.59. The second-order valence-electron chi connectivity index (χ2n) is 5.99. The van der Waals surface area contributed by atoms with Crippen LogP contribution in [0.1, 0.15) is 26.1 Å². The molecule has 3 rings (SSSR count). The van der Waals surface area contributed by atoms with E-state index in [1.165, 1.54) is 12.1 Å². The Kier molecular flexibility index (Phi) is 2.81. The van der Waals surface area contributed by atoms with Crippen LogP contribution in [0.3, 0.4) is 0 Å². The van der Waals surface area contributed by atoms with Gasteiger partial charge in [0.1, 0.15) is 5.82 Å². The SMILES string of the molecule is CC1(C)CCc2nnc(-c3ccc([N+](=O)[O-])cc3)n2C1. The van der Waals surface area contributed by atoms with Gasteiger partial charge in [-0.25, -0.2) is 0 Å². The first-order valence-corrected chi connectivity index (χ1v) is 6.63. The van der Waals surface area contributed by atoms with Crippen LogP contribution in [0.4, 0.5) is 5.69 Å². The monoisotopic (exact) mass is 272 g/mol. The number of non-ortho nitro benzene ring substituents is 1. The zero-order chi connectivity index (χ0) is 14.3.